The maximum atomic E-state index is 11.8. The van der Waals surface area contributed by atoms with Crippen LogP contribution in [0.2, 0.25) is 0 Å². The molecule has 38 heavy (non-hydrogen) atoms. The minimum absolute atomic E-state index is 0.00739. The molecule has 0 aliphatic rings. The second-order valence-corrected chi connectivity index (χ2v) is 9.54. The lowest BCUT2D eigenvalue weighted by atomic mass is 9.91. The summed E-state index contributed by atoms with van der Waals surface area (Å²) < 4.78 is 21.3. The zero-order valence-corrected chi connectivity index (χ0v) is 23.1. The molecule has 0 rings (SSSR count). The second kappa shape index (κ2) is 21.3. The Kier molecular flexibility index (Phi) is 19.9. The number of rotatable bonds is 23. The normalized spacial score (nSPS) is 12.0. The van der Waals surface area contributed by atoms with Crippen LogP contribution in [0.3, 0.4) is 0 Å². The van der Waals surface area contributed by atoms with E-state index < -0.39 is 23.3 Å². The summed E-state index contributed by atoms with van der Waals surface area (Å²) in [4.78, 5) is 57.2. The molecule has 13 heteroatoms. The predicted molar refractivity (Wildman–Crippen MR) is 137 cm³/mol. The van der Waals surface area contributed by atoms with E-state index in [0.717, 1.165) is 0 Å². The first-order chi connectivity index (χ1) is 17.9. The van der Waals surface area contributed by atoms with E-state index in [0.29, 0.717) is 59.0 Å². The summed E-state index contributed by atoms with van der Waals surface area (Å²) in [6.45, 7) is 9.71. The van der Waals surface area contributed by atoms with Crippen LogP contribution < -0.4 is 16.0 Å². The summed E-state index contributed by atoms with van der Waals surface area (Å²) in [5.74, 6) is -2.15. The smallest absolute Gasteiger partial charge is 0.326 e. The molecule has 0 aliphatic heterocycles. The van der Waals surface area contributed by atoms with E-state index in [4.69, 9.17) is 24.1 Å². The van der Waals surface area contributed by atoms with E-state index >= 15 is 0 Å². The molecule has 0 aromatic rings. The largest absolute Gasteiger partial charge is 0.480 e. The number of ketones is 1. The molecule has 0 bridgehead atoms. The van der Waals surface area contributed by atoms with Crippen LogP contribution in [0.4, 0.5) is 0 Å². The molecule has 220 valence electrons. The molecule has 3 amide bonds. The number of ether oxygens (including phenoxy) is 4. The second-order valence-electron chi connectivity index (χ2n) is 9.54. The van der Waals surface area contributed by atoms with Crippen molar-refractivity contribution in [3.63, 3.8) is 0 Å². The number of aliphatic carboxylic acids is 1. The molecule has 13 nitrogen and oxygen atoms in total. The van der Waals surface area contributed by atoms with Gasteiger partial charge in [0.15, 0.2) is 5.78 Å². The van der Waals surface area contributed by atoms with Crippen LogP contribution in [-0.2, 0) is 42.9 Å². The standard InChI is InChI=1S/C25H45N3O10/c1-19(29)28-20(24(33)34)7-8-22(31)26-9-5-11-36-14-16-38-18-23(32)27-10-6-12-35-13-15-37-17-21(30)25(2,3)4/h20H,5-18H2,1-4H3,(H,26,31)(H,27,32)(H,28,29)(H,33,34)/t20-/m0/s1. The molecule has 0 heterocycles. The average molecular weight is 548 g/mol. The Balaban J connectivity index is 3.50. The van der Waals surface area contributed by atoms with Crippen LogP contribution in [0, 0.1) is 5.41 Å². The molecule has 0 unspecified atom stereocenters. The van der Waals surface area contributed by atoms with Crippen molar-refractivity contribution in [2.24, 2.45) is 5.41 Å². The van der Waals surface area contributed by atoms with E-state index in [2.05, 4.69) is 16.0 Å². The highest BCUT2D eigenvalue weighted by molar-refractivity contribution is 5.84. The van der Waals surface area contributed by atoms with Gasteiger partial charge in [0, 0.05) is 45.1 Å². The molecule has 4 N–H and O–H groups in total. The molecule has 0 saturated carbocycles. The molecule has 0 fully saturated rings. The van der Waals surface area contributed by atoms with Crippen LogP contribution >= 0.6 is 0 Å². The van der Waals surface area contributed by atoms with Crippen LogP contribution in [0.5, 0.6) is 0 Å². The van der Waals surface area contributed by atoms with Gasteiger partial charge < -0.3 is 40.0 Å². The van der Waals surface area contributed by atoms with Gasteiger partial charge >= 0.3 is 5.97 Å². The predicted octanol–water partition coefficient (Wildman–Crippen LogP) is 0.0501. The zero-order chi connectivity index (χ0) is 28.8. The monoisotopic (exact) mass is 547 g/mol. The van der Waals surface area contributed by atoms with Gasteiger partial charge in [0.2, 0.25) is 17.7 Å². The Labute approximate surface area is 224 Å². The Morgan fingerprint density at radius 3 is 1.74 bits per heavy atom. The Hall–Kier alpha value is -2.61. The van der Waals surface area contributed by atoms with Crippen molar-refractivity contribution in [2.75, 3.05) is 65.9 Å². The minimum Gasteiger partial charge on any atom is -0.480 e. The SMILES string of the molecule is CC(=O)N[C@@H](CCC(=O)NCCCOCCOCC(=O)NCCCOCCOCC(=O)C(C)(C)C)C(=O)O. The highest BCUT2D eigenvalue weighted by Gasteiger charge is 2.21. The van der Waals surface area contributed by atoms with Gasteiger partial charge in [-0.25, -0.2) is 4.79 Å². The first kappa shape index (κ1) is 35.4. The summed E-state index contributed by atoms with van der Waals surface area (Å²) in [6, 6.07) is -1.09. The Morgan fingerprint density at radius 1 is 0.737 bits per heavy atom. The van der Waals surface area contributed by atoms with E-state index in [1.807, 2.05) is 20.8 Å². The summed E-state index contributed by atoms with van der Waals surface area (Å²) in [7, 11) is 0. The molecule has 0 aliphatic carbocycles. The van der Waals surface area contributed by atoms with Crippen LogP contribution in [-0.4, -0.2) is 107 Å². The van der Waals surface area contributed by atoms with Crippen molar-refractivity contribution >= 4 is 29.5 Å². The molecule has 0 spiro atoms. The van der Waals surface area contributed by atoms with Gasteiger partial charge in [-0.3, -0.25) is 19.2 Å². The van der Waals surface area contributed by atoms with Crippen LogP contribution in [0.15, 0.2) is 0 Å². The Bertz CT molecular complexity index is 725. The number of hydrogen-bond donors (Lipinski definition) is 4. The Morgan fingerprint density at radius 2 is 1.24 bits per heavy atom. The van der Waals surface area contributed by atoms with Gasteiger partial charge in [-0.2, -0.15) is 0 Å². The summed E-state index contributed by atoms with van der Waals surface area (Å²) in [6.07, 6.45) is 1.19. The maximum Gasteiger partial charge on any atom is 0.326 e. The van der Waals surface area contributed by atoms with Gasteiger partial charge in [0.1, 0.15) is 19.3 Å². The molecule has 0 radical (unpaired) electrons. The quantitative estimate of drug-likeness (QED) is 0.128. The third-order valence-corrected chi connectivity index (χ3v) is 4.96. The fourth-order valence-corrected chi connectivity index (χ4v) is 2.71. The van der Waals surface area contributed by atoms with Crippen molar-refractivity contribution in [1.29, 1.82) is 0 Å². The first-order valence-electron chi connectivity index (χ1n) is 12.8. The number of carboxylic acid groups (broad SMARTS) is 1. The van der Waals surface area contributed by atoms with E-state index in [1.54, 1.807) is 0 Å². The van der Waals surface area contributed by atoms with Crippen molar-refractivity contribution in [3.8, 4) is 0 Å². The van der Waals surface area contributed by atoms with E-state index in [1.165, 1.54) is 6.92 Å². The number of amides is 3. The van der Waals surface area contributed by atoms with Gasteiger partial charge in [0.25, 0.3) is 0 Å². The van der Waals surface area contributed by atoms with Crippen molar-refractivity contribution in [3.05, 3.63) is 0 Å². The molecule has 0 aromatic heterocycles. The lowest BCUT2D eigenvalue weighted by Gasteiger charge is -2.16. The summed E-state index contributed by atoms with van der Waals surface area (Å²) in [5, 5.41) is 16.7. The molecular formula is C25H45N3O10. The molecule has 1 atom stereocenters. The molecular weight excluding hydrogens is 502 g/mol. The van der Waals surface area contributed by atoms with Gasteiger partial charge in [-0.15, -0.1) is 0 Å². The van der Waals surface area contributed by atoms with Gasteiger partial charge in [-0.1, -0.05) is 20.8 Å². The zero-order valence-electron chi connectivity index (χ0n) is 23.1. The number of carboxylic acids is 1. The van der Waals surface area contributed by atoms with E-state index in [9.17, 15) is 24.0 Å². The molecule has 0 saturated heterocycles. The number of Topliss-reactive ketones (excluding diaryl/α,β-unsaturated/α-hetero) is 1. The van der Waals surface area contributed by atoms with E-state index in [-0.39, 0.29) is 50.3 Å². The number of nitrogens with one attached hydrogen (secondary N) is 3. The van der Waals surface area contributed by atoms with Crippen molar-refractivity contribution < 1.29 is 48.0 Å². The van der Waals surface area contributed by atoms with Crippen molar-refractivity contribution in [2.45, 2.75) is 59.4 Å². The van der Waals surface area contributed by atoms with Gasteiger partial charge in [0.05, 0.1) is 26.4 Å². The third-order valence-electron chi connectivity index (χ3n) is 4.96. The van der Waals surface area contributed by atoms with Crippen molar-refractivity contribution in [1.82, 2.24) is 16.0 Å². The topological polar surface area (TPSA) is 179 Å². The van der Waals surface area contributed by atoms with Crippen LogP contribution in [0.1, 0.15) is 53.4 Å². The highest BCUT2D eigenvalue weighted by Crippen LogP contribution is 2.14. The summed E-state index contributed by atoms with van der Waals surface area (Å²) in [5.41, 5.74) is -0.410. The number of carbonyl (C=O) groups excluding carboxylic acids is 4. The maximum absolute atomic E-state index is 11.8. The lowest BCUT2D eigenvalue weighted by molar-refractivity contribution is -0.142. The highest BCUT2D eigenvalue weighted by atomic mass is 16.5. The van der Waals surface area contributed by atoms with Gasteiger partial charge in [-0.05, 0) is 19.3 Å². The van der Waals surface area contributed by atoms with Crippen LogP contribution in [0.25, 0.3) is 0 Å². The molecule has 0 aromatic carbocycles. The summed E-state index contributed by atoms with van der Waals surface area (Å²) >= 11 is 0. The lowest BCUT2D eigenvalue weighted by Crippen LogP contribution is -2.40. The fraction of sp³-hybridized carbons (Fsp3) is 0.800. The first-order valence-corrected chi connectivity index (χ1v) is 12.8. The number of hydrogen-bond acceptors (Lipinski definition) is 9. The number of carbonyl (C=O) groups is 5. The minimum atomic E-state index is -1.18. The fourth-order valence-electron chi connectivity index (χ4n) is 2.71. The third kappa shape index (κ3) is 21.5. The average Bonchev–Trinajstić information content (AvgIpc) is 2.83.